The molecular weight excluding hydrogens is 306 g/mol. The first-order chi connectivity index (χ1) is 11.7. The van der Waals surface area contributed by atoms with Gasteiger partial charge in [0.15, 0.2) is 0 Å². The molecule has 2 heterocycles. The second-order valence-corrected chi connectivity index (χ2v) is 5.53. The number of nitrogens with zero attached hydrogens (tertiary/aromatic N) is 3. The number of hydrogen-bond acceptors (Lipinski definition) is 4. The SMILES string of the molecule is CCc1ncc(NC(=O)N2CC(=O)NCC2c2ccccc2)cn1. The maximum atomic E-state index is 12.6. The predicted octanol–water partition coefficient (Wildman–Crippen LogP) is 1.74. The zero-order chi connectivity index (χ0) is 16.9. The summed E-state index contributed by atoms with van der Waals surface area (Å²) in [5.74, 6) is 0.544. The summed E-state index contributed by atoms with van der Waals surface area (Å²) >= 11 is 0. The first-order valence-corrected chi connectivity index (χ1v) is 7.87. The number of nitrogens with one attached hydrogen (secondary N) is 2. The third kappa shape index (κ3) is 3.51. The van der Waals surface area contributed by atoms with Crippen molar-refractivity contribution in [1.29, 1.82) is 0 Å². The molecule has 1 unspecified atom stereocenters. The number of aryl methyl sites for hydroxylation is 1. The zero-order valence-corrected chi connectivity index (χ0v) is 13.4. The topological polar surface area (TPSA) is 87.2 Å². The van der Waals surface area contributed by atoms with Crippen LogP contribution in [0.1, 0.15) is 24.4 Å². The molecule has 0 aliphatic carbocycles. The van der Waals surface area contributed by atoms with Gasteiger partial charge in [-0.2, -0.15) is 0 Å². The summed E-state index contributed by atoms with van der Waals surface area (Å²) in [6.07, 6.45) is 3.88. The van der Waals surface area contributed by atoms with Crippen LogP contribution in [0.5, 0.6) is 0 Å². The molecule has 0 saturated carbocycles. The van der Waals surface area contributed by atoms with Crippen LogP contribution in [0.3, 0.4) is 0 Å². The summed E-state index contributed by atoms with van der Waals surface area (Å²) in [5.41, 5.74) is 1.49. The average molecular weight is 325 g/mol. The Balaban J connectivity index is 1.77. The lowest BCUT2D eigenvalue weighted by atomic mass is 10.0. The molecule has 1 aliphatic heterocycles. The Labute approximate surface area is 140 Å². The molecule has 0 bridgehead atoms. The molecule has 1 saturated heterocycles. The van der Waals surface area contributed by atoms with E-state index in [0.717, 1.165) is 12.0 Å². The van der Waals surface area contributed by atoms with E-state index in [1.54, 1.807) is 12.4 Å². The van der Waals surface area contributed by atoms with Gasteiger partial charge in [-0.25, -0.2) is 14.8 Å². The Morgan fingerprint density at radius 3 is 2.67 bits per heavy atom. The third-order valence-corrected chi connectivity index (χ3v) is 3.90. The van der Waals surface area contributed by atoms with Crippen LogP contribution in [0.2, 0.25) is 0 Å². The molecule has 1 atom stereocenters. The van der Waals surface area contributed by atoms with E-state index in [0.29, 0.717) is 18.1 Å². The highest BCUT2D eigenvalue weighted by Gasteiger charge is 2.31. The van der Waals surface area contributed by atoms with E-state index in [4.69, 9.17) is 0 Å². The fraction of sp³-hybridized carbons (Fsp3) is 0.294. The van der Waals surface area contributed by atoms with Crippen molar-refractivity contribution in [1.82, 2.24) is 20.2 Å². The molecule has 0 spiro atoms. The number of piperazine rings is 1. The van der Waals surface area contributed by atoms with Crippen molar-refractivity contribution in [2.45, 2.75) is 19.4 Å². The molecule has 124 valence electrons. The van der Waals surface area contributed by atoms with E-state index in [9.17, 15) is 9.59 Å². The molecular formula is C17H19N5O2. The van der Waals surface area contributed by atoms with Gasteiger partial charge in [0.05, 0.1) is 24.1 Å². The Morgan fingerprint density at radius 2 is 2.00 bits per heavy atom. The Hall–Kier alpha value is -2.96. The molecule has 2 N–H and O–H groups in total. The lowest BCUT2D eigenvalue weighted by Gasteiger charge is -2.35. The number of rotatable bonds is 3. The van der Waals surface area contributed by atoms with Crippen molar-refractivity contribution in [2.75, 3.05) is 18.4 Å². The van der Waals surface area contributed by atoms with Crippen LogP contribution in [0, 0.1) is 0 Å². The second-order valence-electron chi connectivity index (χ2n) is 5.53. The highest BCUT2D eigenvalue weighted by atomic mass is 16.2. The molecule has 3 amide bonds. The van der Waals surface area contributed by atoms with Gasteiger partial charge in [-0.05, 0) is 5.56 Å². The van der Waals surface area contributed by atoms with E-state index in [1.807, 2.05) is 37.3 Å². The van der Waals surface area contributed by atoms with Crippen molar-refractivity contribution in [2.24, 2.45) is 0 Å². The minimum absolute atomic E-state index is 0.0132. The number of hydrogen-bond donors (Lipinski definition) is 2. The van der Waals surface area contributed by atoms with Crippen molar-refractivity contribution in [3.8, 4) is 0 Å². The zero-order valence-electron chi connectivity index (χ0n) is 13.4. The molecule has 1 aliphatic rings. The van der Waals surface area contributed by atoms with Gasteiger partial charge in [0.1, 0.15) is 12.4 Å². The van der Waals surface area contributed by atoms with E-state index < -0.39 is 0 Å². The molecule has 1 aromatic carbocycles. The van der Waals surface area contributed by atoms with E-state index >= 15 is 0 Å². The number of amides is 3. The number of aromatic nitrogens is 2. The number of benzene rings is 1. The normalized spacial score (nSPS) is 17.3. The highest BCUT2D eigenvalue weighted by Crippen LogP contribution is 2.23. The lowest BCUT2D eigenvalue weighted by molar-refractivity contribution is -0.124. The standard InChI is InChI=1S/C17H19N5O2/c1-2-15-18-8-13(9-19-15)21-17(24)22-11-16(23)20-10-14(22)12-6-4-3-5-7-12/h3-9,14H,2,10-11H2,1H3,(H,20,23)(H,21,24). The minimum atomic E-state index is -0.341. The summed E-state index contributed by atoms with van der Waals surface area (Å²) in [6, 6.07) is 9.09. The summed E-state index contributed by atoms with van der Waals surface area (Å²) in [7, 11) is 0. The van der Waals surface area contributed by atoms with Crippen LogP contribution in [0.25, 0.3) is 0 Å². The Morgan fingerprint density at radius 1 is 1.29 bits per heavy atom. The summed E-state index contributed by atoms with van der Waals surface area (Å²) in [5, 5.41) is 5.57. The maximum absolute atomic E-state index is 12.6. The van der Waals surface area contributed by atoms with Crippen molar-refractivity contribution >= 4 is 17.6 Å². The van der Waals surface area contributed by atoms with Crippen LogP contribution in [0.4, 0.5) is 10.5 Å². The molecule has 2 aromatic rings. The molecule has 7 heteroatoms. The predicted molar refractivity (Wildman–Crippen MR) is 89.3 cm³/mol. The van der Waals surface area contributed by atoms with Gasteiger partial charge in [0, 0.05) is 13.0 Å². The third-order valence-electron chi connectivity index (χ3n) is 3.90. The molecule has 0 radical (unpaired) electrons. The fourth-order valence-electron chi connectivity index (χ4n) is 2.63. The van der Waals surface area contributed by atoms with Crippen LogP contribution >= 0.6 is 0 Å². The summed E-state index contributed by atoms with van der Waals surface area (Å²) in [4.78, 5) is 34.2. The molecule has 1 aromatic heterocycles. The van der Waals surface area contributed by atoms with E-state index in [2.05, 4.69) is 20.6 Å². The molecule has 1 fully saturated rings. The smallest absolute Gasteiger partial charge is 0.322 e. The largest absolute Gasteiger partial charge is 0.352 e. The fourth-order valence-corrected chi connectivity index (χ4v) is 2.63. The Kier molecular flexibility index (Phi) is 4.69. The van der Waals surface area contributed by atoms with Crippen LogP contribution in [-0.4, -0.2) is 39.9 Å². The van der Waals surface area contributed by atoms with Gasteiger partial charge in [-0.3, -0.25) is 4.79 Å². The van der Waals surface area contributed by atoms with E-state index in [-0.39, 0.29) is 24.5 Å². The van der Waals surface area contributed by atoms with Gasteiger partial charge < -0.3 is 15.5 Å². The van der Waals surface area contributed by atoms with Gasteiger partial charge in [-0.1, -0.05) is 37.3 Å². The summed E-state index contributed by atoms with van der Waals surface area (Å²) < 4.78 is 0. The van der Waals surface area contributed by atoms with Crippen molar-refractivity contribution < 1.29 is 9.59 Å². The average Bonchev–Trinajstić information content (AvgIpc) is 2.63. The molecule has 7 nitrogen and oxygen atoms in total. The number of anilines is 1. The maximum Gasteiger partial charge on any atom is 0.322 e. The number of carbonyl (C=O) groups is 2. The van der Waals surface area contributed by atoms with E-state index in [1.165, 1.54) is 4.90 Å². The summed E-state index contributed by atoms with van der Waals surface area (Å²) in [6.45, 7) is 2.37. The first-order valence-electron chi connectivity index (χ1n) is 7.87. The number of carbonyl (C=O) groups excluding carboxylic acids is 2. The van der Waals surface area contributed by atoms with Crippen molar-refractivity contribution in [3.63, 3.8) is 0 Å². The minimum Gasteiger partial charge on any atom is -0.352 e. The van der Waals surface area contributed by atoms with Crippen molar-refractivity contribution in [3.05, 3.63) is 54.1 Å². The van der Waals surface area contributed by atoms with Gasteiger partial charge in [0.2, 0.25) is 5.91 Å². The quantitative estimate of drug-likeness (QED) is 0.900. The van der Waals surface area contributed by atoms with Crippen LogP contribution in [-0.2, 0) is 11.2 Å². The lowest BCUT2D eigenvalue weighted by Crippen LogP contribution is -2.53. The second kappa shape index (κ2) is 7.08. The Bertz CT molecular complexity index is 718. The molecule has 3 rings (SSSR count). The van der Waals surface area contributed by atoms with Gasteiger partial charge in [0.25, 0.3) is 0 Å². The highest BCUT2D eigenvalue weighted by molar-refractivity contribution is 5.93. The van der Waals surface area contributed by atoms with Crippen LogP contribution in [0.15, 0.2) is 42.7 Å². The van der Waals surface area contributed by atoms with Crippen LogP contribution < -0.4 is 10.6 Å². The number of urea groups is 1. The monoisotopic (exact) mass is 325 g/mol. The molecule has 24 heavy (non-hydrogen) atoms. The van der Waals surface area contributed by atoms with Gasteiger partial charge in [-0.15, -0.1) is 0 Å². The first kappa shape index (κ1) is 15.9. The van der Waals surface area contributed by atoms with Gasteiger partial charge >= 0.3 is 6.03 Å².